The molecule has 5 nitrogen and oxygen atoms in total. The van der Waals surface area contributed by atoms with Crippen LogP contribution in [-0.2, 0) is 4.74 Å². The first-order valence-corrected chi connectivity index (χ1v) is 10.8. The van der Waals surface area contributed by atoms with Crippen LogP contribution in [0.1, 0.15) is 19.3 Å². The highest BCUT2D eigenvalue weighted by Crippen LogP contribution is 2.26. The maximum Gasteiger partial charge on any atom is 0.119 e. The first kappa shape index (κ1) is 20.2. The van der Waals surface area contributed by atoms with Gasteiger partial charge in [0.2, 0.25) is 0 Å². The van der Waals surface area contributed by atoms with Gasteiger partial charge in [0.05, 0.1) is 13.2 Å². The molecule has 2 saturated heterocycles. The number of hydrogen-bond donors (Lipinski definition) is 1. The van der Waals surface area contributed by atoms with E-state index in [2.05, 4.69) is 46.2 Å². The summed E-state index contributed by atoms with van der Waals surface area (Å²) in [6, 6.07) is 17.0. The minimum absolute atomic E-state index is 0.307. The van der Waals surface area contributed by atoms with Crippen molar-refractivity contribution in [3.05, 3.63) is 48.5 Å². The van der Waals surface area contributed by atoms with Gasteiger partial charge in [0.15, 0.2) is 0 Å². The molecule has 0 spiro atoms. The van der Waals surface area contributed by atoms with Crippen LogP contribution in [0.15, 0.2) is 48.5 Å². The molecule has 5 heteroatoms. The van der Waals surface area contributed by atoms with Crippen LogP contribution in [0, 0.1) is 0 Å². The number of hydrogen-bond acceptors (Lipinski definition) is 5. The second-order valence-electron chi connectivity index (χ2n) is 8.00. The summed E-state index contributed by atoms with van der Waals surface area (Å²) in [6.07, 6.45) is 3.46. The van der Waals surface area contributed by atoms with Gasteiger partial charge in [0, 0.05) is 38.4 Å². The molecule has 0 saturated carbocycles. The van der Waals surface area contributed by atoms with E-state index in [1.54, 1.807) is 0 Å². The third kappa shape index (κ3) is 5.72. The Morgan fingerprint density at radius 1 is 0.828 bits per heavy atom. The SMILES string of the molecule is OC(COc1ccc(-c2ccc(N3CCCCC3)cc2)cc1)CN1CCOCC1. The number of nitrogens with zero attached hydrogens (tertiary/aromatic N) is 2. The lowest BCUT2D eigenvalue weighted by molar-refractivity contribution is 0.00466. The summed E-state index contributed by atoms with van der Waals surface area (Å²) < 4.78 is 11.1. The number of anilines is 1. The monoisotopic (exact) mass is 396 g/mol. The van der Waals surface area contributed by atoms with Crippen LogP contribution in [-0.4, -0.2) is 68.7 Å². The summed E-state index contributed by atoms with van der Waals surface area (Å²) in [5.41, 5.74) is 3.71. The van der Waals surface area contributed by atoms with E-state index >= 15 is 0 Å². The Bertz CT molecular complexity index is 736. The number of aliphatic hydroxyl groups is 1. The van der Waals surface area contributed by atoms with Crippen molar-refractivity contribution in [3.63, 3.8) is 0 Å². The van der Waals surface area contributed by atoms with Crippen molar-refractivity contribution >= 4 is 5.69 Å². The predicted octanol–water partition coefficient (Wildman–Crippen LogP) is 3.42. The molecule has 0 radical (unpaired) electrons. The van der Waals surface area contributed by atoms with Gasteiger partial charge in [-0.25, -0.2) is 0 Å². The maximum atomic E-state index is 10.2. The zero-order valence-electron chi connectivity index (χ0n) is 17.1. The lowest BCUT2D eigenvalue weighted by Gasteiger charge is -2.28. The van der Waals surface area contributed by atoms with Gasteiger partial charge in [-0.2, -0.15) is 0 Å². The highest BCUT2D eigenvalue weighted by Gasteiger charge is 2.15. The quantitative estimate of drug-likeness (QED) is 0.777. The number of piperidine rings is 1. The van der Waals surface area contributed by atoms with Gasteiger partial charge in [0.1, 0.15) is 18.5 Å². The predicted molar refractivity (Wildman–Crippen MR) is 117 cm³/mol. The molecule has 1 atom stereocenters. The molecule has 2 aliphatic heterocycles. The highest BCUT2D eigenvalue weighted by atomic mass is 16.5. The summed E-state index contributed by atoms with van der Waals surface area (Å²) >= 11 is 0. The normalized spacial score (nSPS) is 19.1. The fourth-order valence-corrected chi connectivity index (χ4v) is 4.09. The number of benzene rings is 2. The molecule has 0 amide bonds. The van der Waals surface area contributed by atoms with E-state index in [1.807, 2.05) is 12.1 Å². The van der Waals surface area contributed by atoms with Gasteiger partial charge in [0.25, 0.3) is 0 Å². The van der Waals surface area contributed by atoms with Gasteiger partial charge in [-0.1, -0.05) is 24.3 Å². The van der Waals surface area contributed by atoms with Crippen LogP contribution >= 0.6 is 0 Å². The standard InChI is InChI=1S/C24H32N2O3/c27-23(18-25-14-16-28-17-15-25)19-29-24-10-6-21(7-11-24)20-4-8-22(9-5-20)26-12-2-1-3-13-26/h4-11,23,27H,1-3,12-19H2. The van der Waals surface area contributed by atoms with Crippen molar-refractivity contribution in [3.8, 4) is 16.9 Å². The largest absolute Gasteiger partial charge is 0.491 e. The van der Waals surface area contributed by atoms with Gasteiger partial charge < -0.3 is 19.5 Å². The Morgan fingerprint density at radius 3 is 2.10 bits per heavy atom. The van der Waals surface area contributed by atoms with Crippen LogP contribution < -0.4 is 9.64 Å². The van der Waals surface area contributed by atoms with E-state index in [4.69, 9.17) is 9.47 Å². The van der Waals surface area contributed by atoms with E-state index in [0.29, 0.717) is 13.2 Å². The molecular weight excluding hydrogens is 364 g/mol. The van der Waals surface area contributed by atoms with Gasteiger partial charge in [-0.15, -0.1) is 0 Å². The Balaban J connectivity index is 1.28. The molecule has 2 aromatic carbocycles. The third-order valence-electron chi connectivity index (χ3n) is 5.79. The summed E-state index contributed by atoms with van der Waals surface area (Å²) in [7, 11) is 0. The molecule has 0 bridgehead atoms. The zero-order chi connectivity index (χ0) is 19.9. The van der Waals surface area contributed by atoms with Gasteiger partial charge in [-0.05, 0) is 54.7 Å². The van der Waals surface area contributed by atoms with Crippen LogP contribution in [0.25, 0.3) is 11.1 Å². The highest BCUT2D eigenvalue weighted by molar-refractivity contribution is 5.67. The molecule has 2 fully saturated rings. The molecule has 2 aromatic rings. The van der Waals surface area contributed by atoms with E-state index in [0.717, 1.165) is 32.1 Å². The number of ether oxygens (including phenoxy) is 2. The topological polar surface area (TPSA) is 45.2 Å². The van der Waals surface area contributed by atoms with E-state index in [9.17, 15) is 5.11 Å². The molecule has 4 rings (SSSR count). The number of rotatable bonds is 7. The number of morpholine rings is 1. The van der Waals surface area contributed by atoms with Crippen LogP contribution in [0.5, 0.6) is 5.75 Å². The van der Waals surface area contributed by atoms with Crippen LogP contribution in [0.3, 0.4) is 0 Å². The van der Waals surface area contributed by atoms with Crippen molar-refractivity contribution in [2.45, 2.75) is 25.4 Å². The zero-order valence-corrected chi connectivity index (χ0v) is 17.1. The Labute approximate surface area is 173 Å². The Kier molecular flexibility index (Phi) is 7.04. The van der Waals surface area contributed by atoms with Crippen LogP contribution in [0.2, 0.25) is 0 Å². The first-order valence-electron chi connectivity index (χ1n) is 10.8. The molecule has 29 heavy (non-hydrogen) atoms. The average molecular weight is 397 g/mol. The molecule has 2 aliphatic rings. The van der Waals surface area contributed by atoms with Gasteiger partial charge in [-0.3, -0.25) is 4.90 Å². The first-order chi connectivity index (χ1) is 14.3. The van der Waals surface area contributed by atoms with E-state index in [1.165, 1.54) is 49.2 Å². The summed E-state index contributed by atoms with van der Waals surface area (Å²) in [5, 5.41) is 10.2. The number of aliphatic hydroxyl groups excluding tert-OH is 1. The minimum atomic E-state index is -0.491. The maximum absolute atomic E-state index is 10.2. The van der Waals surface area contributed by atoms with Crippen molar-refractivity contribution in [1.82, 2.24) is 4.90 Å². The third-order valence-corrected chi connectivity index (χ3v) is 5.79. The molecule has 0 aliphatic carbocycles. The van der Waals surface area contributed by atoms with E-state index < -0.39 is 6.10 Å². The molecule has 156 valence electrons. The van der Waals surface area contributed by atoms with Crippen LogP contribution in [0.4, 0.5) is 5.69 Å². The smallest absolute Gasteiger partial charge is 0.119 e. The molecule has 1 unspecified atom stereocenters. The second kappa shape index (κ2) is 10.1. The van der Waals surface area contributed by atoms with Crippen molar-refractivity contribution < 1.29 is 14.6 Å². The lowest BCUT2D eigenvalue weighted by Crippen LogP contribution is -2.42. The van der Waals surface area contributed by atoms with Crippen molar-refractivity contribution in [1.29, 1.82) is 0 Å². The Hall–Kier alpha value is -2.08. The molecule has 2 heterocycles. The molecular formula is C24H32N2O3. The average Bonchev–Trinajstić information content (AvgIpc) is 2.79. The Morgan fingerprint density at radius 2 is 1.45 bits per heavy atom. The van der Waals surface area contributed by atoms with Crippen molar-refractivity contribution in [2.75, 3.05) is 57.4 Å². The molecule has 0 aromatic heterocycles. The van der Waals surface area contributed by atoms with E-state index in [-0.39, 0.29) is 0 Å². The summed E-state index contributed by atoms with van der Waals surface area (Å²) in [6.45, 7) is 6.52. The lowest BCUT2D eigenvalue weighted by atomic mass is 10.0. The minimum Gasteiger partial charge on any atom is -0.491 e. The summed E-state index contributed by atoms with van der Waals surface area (Å²) in [5.74, 6) is 0.791. The fourth-order valence-electron chi connectivity index (χ4n) is 4.09. The molecule has 1 N–H and O–H groups in total. The number of β-amino-alcohol motifs (C(OH)–C–C–N with tert-alkyl or cyclic N) is 1. The second-order valence-corrected chi connectivity index (χ2v) is 8.00. The fraction of sp³-hybridized carbons (Fsp3) is 0.500. The van der Waals surface area contributed by atoms with Crippen molar-refractivity contribution in [2.24, 2.45) is 0 Å². The summed E-state index contributed by atoms with van der Waals surface area (Å²) in [4.78, 5) is 4.70. The van der Waals surface area contributed by atoms with Gasteiger partial charge >= 0.3 is 0 Å².